The number of carbonyl (C=O) groups is 3. The third-order valence-corrected chi connectivity index (χ3v) is 4.53. The van der Waals surface area contributed by atoms with Gasteiger partial charge >= 0.3 is 0 Å². The third-order valence-electron chi connectivity index (χ3n) is 4.53. The zero-order chi connectivity index (χ0) is 20.2. The van der Waals surface area contributed by atoms with Crippen molar-refractivity contribution in [3.05, 3.63) is 59.7 Å². The Morgan fingerprint density at radius 1 is 1.04 bits per heavy atom. The maximum atomic E-state index is 13.1. The predicted molar refractivity (Wildman–Crippen MR) is 108 cm³/mol. The highest BCUT2D eigenvalue weighted by molar-refractivity contribution is 6.14. The van der Waals surface area contributed by atoms with Crippen LogP contribution in [0.1, 0.15) is 43.6 Å². The number of nitrogens with one attached hydrogen (secondary N) is 1. The van der Waals surface area contributed by atoms with Gasteiger partial charge < -0.3 is 10.2 Å². The van der Waals surface area contributed by atoms with Gasteiger partial charge in [0.1, 0.15) is 5.41 Å². The maximum Gasteiger partial charge on any atom is 0.242 e. The van der Waals surface area contributed by atoms with Gasteiger partial charge in [-0.15, -0.1) is 0 Å². The van der Waals surface area contributed by atoms with Crippen LogP contribution < -0.4 is 10.2 Å². The Kier molecular flexibility index (Phi) is 6.16. The molecule has 142 valence electrons. The summed E-state index contributed by atoms with van der Waals surface area (Å²) in [6.45, 7) is 9.03. The average Bonchev–Trinajstić information content (AvgIpc) is 2.62. The van der Waals surface area contributed by atoms with E-state index in [1.165, 1.54) is 6.92 Å². The molecule has 0 radical (unpaired) electrons. The molecule has 0 heterocycles. The number of benzene rings is 2. The molecule has 0 unspecified atom stereocenters. The summed E-state index contributed by atoms with van der Waals surface area (Å²) in [6, 6.07) is 14.3. The number of aryl methyl sites for hydroxylation is 1. The standard InChI is InChI=1S/C22H26N2O3/c1-6-24(19-9-7-8-15(2)14-19)21(27)22(4,5)20(26)23-18-12-10-17(11-13-18)16(3)25/h7-14H,6H2,1-5H3,(H,23,26). The number of nitrogens with zero attached hydrogens (tertiary/aromatic N) is 1. The highest BCUT2D eigenvalue weighted by Crippen LogP contribution is 2.26. The lowest BCUT2D eigenvalue weighted by atomic mass is 9.89. The van der Waals surface area contributed by atoms with Crippen LogP contribution in [0.4, 0.5) is 11.4 Å². The molecule has 2 rings (SSSR count). The maximum absolute atomic E-state index is 13.1. The summed E-state index contributed by atoms with van der Waals surface area (Å²) in [5.41, 5.74) is 1.68. The van der Waals surface area contributed by atoms with Crippen LogP contribution in [-0.2, 0) is 9.59 Å². The van der Waals surface area contributed by atoms with Gasteiger partial charge in [-0.2, -0.15) is 0 Å². The van der Waals surface area contributed by atoms with Crippen molar-refractivity contribution in [3.8, 4) is 0 Å². The molecule has 2 aromatic rings. The molecule has 0 spiro atoms. The second-order valence-corrected chi connectivity index (χ2v) is 7.10. The lowest BCUT2D eigenvalue weighted by Gasteiger charge is -2.30. The molecule has 27 heavy (non-hydrogen) atoms. The van der Waals surface area contributed by atoms with Crippen molar-refractivity contribution in [1.82, 2.24) is 0 Å². The van der Waals surface area contributed by atoms with Crippen molar-refractivity contribution in [2.45, 2.75) is 34.6 Å². The first-order chi connectivity index (χ1) is 12.7. The van der Waals surface area contributed by atoms with E-state index in [9.17, 15) is 14.4 Å². The minimum atomic E-state index is -1.25. The average molecular weight is 366 g/mol. The molecule has 0 saturated carbocycles. The molecule has 2 amide bonds. The van der Waals surface area contributed by atoms with Gasteiger partial charge in [-0.05, 0) is 76.6 Å². The van der Waals surface area contributed by atoms with Crippen LogP contribution in [-0.4, -0.2) is 24.1 Å². The Morgan fingerprint density at radius 3 is 2.19 bits per heavy atom. The number of anilines is 2. The Balaban J connectivity index is 2.20. The highest BCUT2D eigenvalue weighted by Gasteiger charge is 2.39. The van der Waals surface area contributed by atoms with Crippen molar-refractivity contribution < 1.29 is 14.4 Å². The van der Waals surface area contributed by atoms with Crippen LogP contribution in [0.5, 0.6) is 0 Å². The monoisotopic (exact) mass is 366 g/mol. The van der Waals surface area contributed by atoms with E-state index >= 15 is 0 Å². The Hall–Kier alpha value is -2.95. The lowest BCUT2D eigenvalue weighted by molar-refractivity contribution is -0.136. The molecule has 5 heteroatoms. The second-order valence-electron chi connectivity index (χ2n) is 7.10. The van der Waals surface area contributed by atoms with E-state index in [2.05, 4.69) is 5.32 Å². The summed E-state index contributed by atoms with van der Waals surface area (Å²) in [5.74, 6) is -0.706. The Labute approximate surface area is 160 Å². The molecule has 0 aromatic heterocycles. The zero-order valence-electron chi connectivity index (χ0n) is 16.5. The third kappa shape index (κ3) is 4.61. The van der Waals surface area contributed by atoms with Gasteiger partial charge in [-0.3, -0.25) is 14.4 Å². The van der Waals surface area contributed by atoms with Gasteiger partial charge in [0.2, 0.25) is 11.8 Å². The van der Waals surface area contributed by atoms with Crippen LogP contribution in [0.25, 0.3) is 0 Å². The molecule has 0 aliphatic heterocycles. The van der Waals surface area contributed by atoms with Crippen LogP contribution in [0, 0.1) is 12.3 Å². The van der Waals surface area contributed by atoms with Crippen molar-refractivity contribution in [3.63, 3.8) is 0 Å². The summed E-state index contributed by atoms with van der Waals surface area (Å²) in [6.07, 6.45) is 0. The highest BCUT2D eigenvalue weighted by atomic mass is 16.2. The molecule has 2 aromatic carbocycles. The smallest absolute Gasteiger partial charge is 0.242 e. The first-order valence-electron chi connectivity index (χ1n) is 8.98. The van der Waals surface area contributed by atoms with Gasteiger partial charge in [0.15, 0.2) is 5.78 Å². The van der Waals surface area contributed by atoms with Crippen molar-refractivity contribution in [2.75, 3.05) is 16.8 Å². The van der Waals surface area contributed by atoms with Gasteiger partial charge in [0.05, 0.1) is 0 Å². The van der Waals surface area contributed by atoms with E-state index in [1.54, 1.807) is 43.0 Å². The topological polar surface area (TPSA) is 66.5 Å². The fourth-order valence-corrected chi connectivity index (χ4v) is 2.75. The van der Waals surface area contributed by atoms with Crippen LogP contribution >= 0.6 is 0 Å². The zero-order valence-corrected chi connectivity index (χ0v) is 16.5. The van der Waals surface area contributed by atoms with Crippen molar-refractivity contribution in [2.24, 2.45) is 5.41 Å². The Bertz CT molecular complexity index is 854. The fraction of sp³-hybridized carbons (Fsp3) is 0.318. The summed E-state index contributed by atoms with van der Waals surface area (Å²) in [7, 11) is 0. The van der Waals surface area contributed by atoms with E-state index < -0.39 is 11.3 Å². The molecule has 0 fully saturated rings. The van der Waals surface area contributed by atoms with Gasteiger partial charge in [0.25, 0.3) is 0 Å². The molecular weight excluding hydrogens is 340 g/mol. The first-order valence-corrected chi connectivity index (χ1v) is 8.98. The molecule has 0 atom stereocenters. The van der Waals surface area contributed by atoms with Crippen LogP contribution in [0.15, 0.2) is 48.5 Å². The van der Waals surface area contributed by atoms with Crippen LogP contribution in [0.3, 0.4) is 0 Å². The summed E-state index contributed by atoms with van der Waals surface area (Å²) < 4.78 is 0. The fourth-order valence-electron chi connectivity index (χ4n) is 2.75. The first kappa shape index (κ1) is 20.4. The van der Waals surface area contributed by atoms with Crippen LogP contribution in [0.2, 0.25) is 0 Å². The molecule has 0 bridgehead atoms. The molecule has 5 nitrogen and oxygen atoms in total. The number of carbonyl (C=O) groups excluding carboxylic acids is 3. The molecule has 1 N–H and O–H groups in total. The van der Waals surface area contributed by atoms with E-state index in [0.29, 0.717) is 17.8 Å². The number of hydrogen-bond donors (Lipinski definition) is 1. The van der Waals surface area contributed by atoms with Gasteiger partial charge in [0, 0.05) is 23.5 Å². The largest absolute Gasteiger partial charge is 0.325 e. The van der Waals surface area contributed by atoms with E-state index in [1.807, 2.05) is 38.1 Å². The van der Waals surface area contributed by atoms with E-state index in [4.69, 9.17) is 0 Å². The summed E-state index contributed by atoms with van der Waals surface area (Å²) in [5, 5.41) is 2.77. The van der Waals surface area contributed by atoms with Crippen molar-refractivity contribution in [1.29, 1.82) is 0 Å². The van der Waals surface area contributed by atoms with E-state index in [0.717, 1.165) is 11.3 Å². The second kappa shape index (κ2) is 8.16. The molecule has 0 saturated heterocycles. The lowest BCUT2D eigenvalue weighted by Crippen LogP contribution is -2.47. The minimum absolute atomic E-state index is 0.0415. The number of amides is 2. The number of hydrogen-bond acceptors (Lipinski definition) is 3. The summed E-state index contributed by atoms with van der Waals surface area (Å²) in [4.78, 5) is 38.9. The van der Waals surface area contributed by atoms with Gasteiger partial charge in [-0.1, -0.05) is 12.1 Å². The quantitative estimate of drug-likeness (QED) is 0.615. The number of Topliss-reactive ketones (excluding diaryl/α,β-unsaturated/α-hetero) is 1. The number of rotatable bonds is 6. The Morgan fingerprint density at radius 2 is 1.67 bits per heavy atom. The van der Waals surface area contributed by atoms with Gasteiger partial charge in [-0.25, -0.2) is 0 Å². The normalized spacial score (nSPS) is 11.0. The van der Waals surface area contributed by atoms with E-state index in [-0.39, 0.29) is 11.7 Å². The number of ketones is 1. The molecular formula is C22H26N2O3. The SMILES string of the molecule is CCN(C(=O)C(C)(C)C(=O)Nc1ccc(C(C)=O)cc1)c1cccc(C)c1. The molecule has 0 aliphatic carbocycles. The predicted octanol–water partition coefficient (Wildman–Crippen LogP) is 4.22. The minimum Gasteiger partial charge on any atom is -0.325 e. The molecule has 0 aliphatic rings. The van der Waals surface area contributed by atoms with Crippen molar-refractivity contribution >= 4 is 29.0 Å². The summed E-state index contributed by atoms with van der Waals surface area (Å²) >= 11 is 0.